The van der Waals surface area contributed by atoms with Gasteiger partial charge in [0.05, 0.1) is 13.2 Å². The average Bonchev–Trinajstić information content (AvgIpc) is 3.07. The predicted octanol–water partition coefficient (Wildman–Crippen LogP) is 6.67. The predicted molar refractivity (Wildman–Crippen MR) is 138 cm³/mol. The number of aryl methyl sites for hydroxylation is 1. The lowest BCUT2D eigenvalue weighted by molar-refractivity contribution is 0.312. The van der Waals surface area contributed by atoms with Crippen molar-refractivity contribution in [2.45, 2.75) is 57.4 Å². The van der Waals surface area contributed by atoms with Crippen LogP contribution in [0.3, 0.4) is 0 Å². The lowest BCUT2D eigenvalue weighted by atomic mass is 9.73. The summed E-state index contributed by atoms with van der Waals surface area (Å²) in [5.74, 6) is 2.98. The molecule has 3 nitrogen and oxygen atoms in total. The number of dihydropyridines is 1. The van der Waals surface area contributed by atoms with Crippen LogP contribution in [0.25, 0.3) is 0 Å². The highest BCUT2D eigenvalue weighted by molar-refractivity contribution is 5.85. The van der Waals surface area contributed by atoms with E-state index in [1.807, 2.05) is 6.07 Å². The molecule has 33 heavy (non-hydrogen) atoms. The van der Waals surface area contributed by atoms with Gasteiger partial charge in [-0.05, 0) is 92.2 Å². The van der Waals surface area contributed by atoms with E-state index < -0.39 is 0 Å². The molecule has 0 N–H and O–H groups in total. The van der Waals surface area contributed by atoms with Crippen molar-refractivity contribution in [3.8, 4) is 5.75 Å². The van der Waals surface area contributed by atoms with E-state index in [2.05, 4.69) is 58.6 Å². The summed E-state index contributed by atoms with van der Waals surface area (Å²) in [6.07, 6.45) is 21.7. The summed E-state index contributed by atoms with van der Waals surface area (Å²) in [6.45, 7) is 0.978. The molecule has 0 bridgehead atoms. The Kier molecular flexibility index (Phi) is 6.51. The fourth-order valence-corrected chi connectivity index (χ4v) is 6.90. The quantitative estimate of drug-likeness (QED) is 0.488. The maximum atomic E-state index is 5.42. The lowest BCUT2D eigenvalue weighted by Crippen LogP contribution is -2.34. The highest BCUT2D eigenvalue weighted by atomic mass is 35.5. The summed E-state index contributed by atoms with van der Waals surface area (Å²) in [6, 6.07) is 9.13. The van der Waals surface area contributed by atoms with Crippen molar-refractivity contribution in [3.63, 3.8) is 0 Å². The van der Waals surface area contributed by atoms with E-state index in [1.54, 1.807) is 29.7 Å². The Hall–Kier alpha value is -2.26. The van der Waals surface area contributed by atoms with Crippen LogP contribution < -0.4 is 4.74 Å². The fraction of sp³-hybridized carbons (Fsp3) is 0.483. The number of aliphatic imine (C=N–C) groups is 1. The average molecular weight is 463 g/mol. The van der Waals surface area contributed by atoms with Gasteiger partial charge in [-0.1, -0.05) is 30.4 Å². The Labute approximate surface area is 204 Å². The molecule has 2 aliphatic carbocycles. The first-order valence-corrected chi connectivity index (χ1v) is 12.5. The molecule has 1 saturated heterocycles. The zero-order valence-electron chi connectivity index (χ0n) is 19.6. The Morgan fingerprint density at radius 3 is 3.00 bits per heavy atom. The van der Waals surface area contributed by atoms with Crippen molar-refractivity contribution in [2.75, 3.05) is 13.7 Å². The molecule has 0 amide bonds. The number of halogens is 1. The van der Waals surface area contributed by atoms with Crippen LogP contribution in [0.4, 0.5) is 0 Å². The summed E-state index contributed by atoms with van der Waals surface area (Å²) in [4.78, 5) is 7.48. The van der Waals surface area contributed by atoms with E-state index in [9.17, 15) is 0 Å². The number of fused-ring (bicyclic) bond motifs is 5. The number of methoxy groups -OCH3 is 1. The van der Waals surface area contributed by atoms with Crippen molar-refractivity contribution in [3.05, 3.63) is 76.7 Å². The van der Waals surface area contributed by atoms with Crippen LogP contribution in [0.1, 0.15) is 50.5 Å². The summed E-state index contributed by atoms with van der Waals surface area (Å²) in [5, 5.41) is 0. The van der Waals surface area contributed by atoms with Crippen LogP contribution in [0.15, 0.2) is 76.1 Å². The Balaban J connectivity index is 0.00000228. The first kappa shape index (κ1) is 22.5. The number of hydrogen-bond donors (Lipinski definition) is 0. The molecule has 3 heterocycles. The highest BCUT2D eigenvalue weighted by Gasteiger charge is 2.49. The summed E-state index contributed by atoms with van der Waals surface area (Å²) < 4.78 is 5.42. The summed E-state index contributed by atoms with van der Waals surface area (Å²) in [7, 11) is 1.75. The van der Waals surface area contributed by atoms with E-state index in [0.29, 0.717) is 17.9 Å². The number of ether oxygens (including phenoxy) is 1. The molecule has 1 aromatic rings. The largest absolute Gasteiger partial charge is 0.497 e. The van der Waals surface area contributed by atoms with Gasteiger partial charge in [0.2, 0.25) is 0 Å². The number of nitrogens with zero attached hydrogens (tertiary/aromatic N) is 2. The van der Waals surface area contributed by atoms with Crippen molar-refractivity contribution in [1.29, 1.82) is 0 Å². The van der Waals surface area contributed by atoms with E-state index in [-0.39, 0.29) is 12.4 Å². The molecule has 0 spiro atoms. The third-order valence-electron chi connectivity index (χ3n) is 8.38. The summed E-state index contributed by atoms with van der Waals surface area (Å²) >= 11 is 0. The minimum Gasteiger partial charge on any atom is -0.497 e. The van der Waals surface area contributed by atoms with Crippen LogP contribution >= 0.6 is 12.4 Å². The van der Waals surface area contributed by atoms with E-state index in [0.717, 1.165) is 31.1 Å². The second-order valence-corrected chi connectivity index (χ2v) is 10.0. The molecule has 3 aliphatic heterocycles. The molecule has 4 atom stereocenters. The lowest BCUT2D eigenvalue weighted by Gasteiger charge is -2.37. The molecule has 0 saturated carbocycles. The maximum absolute atomic E-state index is 5.42. The first-order valence-electron chi connectivity index (χ1n) is 12.5. The molecule has 5 aliphatic rings. The van der Waals surface area contributed by atoms with Gasteiger partial charge in [-0.3, -0.25) is 4.99 Å². The topological polar surface area (TPSA) is 24.8 Å². The van der Waals surface area contributed by atoms with Gasteiger partial charge in [-0.2, -0.15) is 0 Å². The van der Waals surface area contributed by atoms with Gasteiger partial charge in [0.25, 0.3) is 0 Å². The molecule has 4 heteroatoms. The Morgan fingerprint density at radius 1 is 1.15 bits per heavy atom. The third-order valence-corrected chi connectivity index (χ3v) is 8.38. The molecule has 1 aromatic carbocycles. The van der Waals surface area contributed by atoms with Crippen molar-refractivity contribution in [1.82, 2.24) is 4.90 Å². The third kappa shape index (κ3) is 3.99. The minimum absolute atomic E-state index is 0. The van der Waals surface area contributed by atoms with Gasteiger partial charge in [0.15, 0.2) is 0 Å². The monoisotopic (exact) mass is 462 g/mol. The smallest absolute Gasteiger partial charge is 0.119 e. The fourth-order valence-electron chi connectivity index (χ4n) is 6.90. The zero-order valence-corrected chi connectivity index (χ0v) is 20.4. The molecular formula is C29H35ClN2O. The number of benzene rings is 1. The van der Waals surface area contributed by atoms with Gasteiger partial charge in [0.1, 0.15) is 5.75 Å². The normalized spacial score (nSPS) is 29.3. The van der Waals surface area contributed by atoms with Gasteiger partial charge < -0.3 is 9.64 Å². The molecule has 0 radical (unpaired) electrons. The van der Waals surface area contributed by atoms with Gasteiger partial charge in [0, 0.05) is 36.0 Å². The number of hydrogen-bond acceptors (Lipinski definition) is 3. The second kappa shape index (κ2) is 9.54. The molecule has 0 aromatic heterocycles. The van der Waals surface area contributed by atoms with Gasteiger partial charge >= 0.3 is 0 Å². The van der Waals surface area contributed by atoms with Crippen LogP contribution in [0.5, 0.6) is 5.75 Å². The first-order chi connectivity index (χ1) is 15.8. The Bertz CT molecular complexity index is 1050. The molecule has 6 rings (SSSR count). The summed E-state index contributed by atoms with van der Waals surface area (Å²) in [5.41, 5.74) is 7.95. The van der Waals surface area contributed by atoms with E-state index in [1.165, 1.54) is 44.1 Å². The zero-order chi connectivity index (χ0) is 21.5. The van der Waals surface area contributed by atoms with Crippen LogP contribution in [0.2, 0.25) is 0 Å². The standard InChI is InChI=1S/C29H34N2O.ClH/c1-32-23-10-5-7-20(18-23)6-4-9-21-12-15-25-26-19-30-17-16-28(26)31-27-11-3-2-8-22(27)13-14-24(21)29(25)31;/h2,5,7-8,10,13,16-18,21,25-27H,3-4,6,9,11-12,14-15,19H2,1H3;1H/t21?,25-,26-,27?;/m1./s1. The molecule has 174 valence electrons. The van der Waals surface area contributed by atoms with Crippen molar-refractivity contribution < 1.29 is 4.74 Å². The van der Waals surface area contributed by atoms with Crippen LogP contribution in [-0.2, 0) is 6.42 Å². The van der Waals surface area contributed by atoms with Crippen molar-refractivity contribution >= 4 is 18.6 Å². The van der Waals surface area contributed by atoms with Crippen LogP contribution in [0, 0.1) is 17.8 Å². The molecule has 2 unspecified atom stereocenters. The minimum atomic E-state index is 0. The Morgan fingerprint density at radius 2 is 2.09 bits per heavy atom. The number of allylic oxidation sites excluding steroid dienone is 5. The van der Waals surface area contributed by atoms with E-state index in [4.69, 9.17) is 4.74 Å². The van der Waals surface area contributed by atoms with Gasteiger partial charge in [-0.15, -0.1) is 12.4 Å². The second-order valence-electron chi connectivity index (χ2n) is 10.0. The SMILES string of the molecule is COc1cccc(CCCC2CC[C@H]3C4=C2CC=C2C=CCCC2N4C2=CC=NC[C@@H]23)c1.Cl. The van der Waals surface area contributed by atoms with Crippen molar-refractivity contribution in [2.24, 2.45) is 22.7 Å². The molecule has 1 fully saturated rings. The highest BCUT2D eigenvalue weighted by Crippen LogP contribution is 2.55. The van der Waals surface area contributed by atoms with E-state index >= 15 is 0 Å². The van der Waals surface area contributed by atoms with Gasteiger partial charge in [-0.25, -0.2) is 0 Å². The van der Waals surface area contributed by atoms with Crippen LogP contribution in [-0.4, -0.2) is 30.8 Å². The number of rotatable bonds is 5. The molecular weight excluding hydrogens is 428 g/mol. The maximum Gasteiger partial charge on any atom is 0.119 e.